The third kappa shape index (κ3) is 2.16. The molecule has 1 N–H and O–H groups in total. The van der Waals surface area contributed by atoms with Gasteiger partial charge in [-0.15, -0.1) is 0 Å². The molecule has 1 saturated heterocycles. The summed E-state index contributed by atoms with van der Waals surface area (Å²) in [6.45, 7) is 3.28. The molecule has 1 aromatic heterocycles. The van der Waals surface area contributed by atoms with Crippen molar-refractivity contribution in [2.75, 3.05) is 18.1 Å². The van der Waals surface area contributed by atoms with Gasteiger partial charge in [0.05, 0.1) is 12.6 Å². The Morgan fingerprint density at radius 3 is 3.13 bits per heavy atom. The molecule has 0 aromatic carbocycles. The minimum atomic E-state index is 0.219. The average Bonchev–Trinajstić information content (AvgIpc) is 2.65. The molecule has 0 saturated carbocycles. The van der Waals surface area contributed by atoms with Gasteiger partial charge in [0.2, 0.25) is 0 Å². The van der Waals surface area contributed by atoms with Gasteiger partial charge >= 0.3 is 0 Å². The number of aromatic nitrogens is 1. The van der Waals surface area contributed by atoms with Gasteiger partial charge in [0.25, 0.3) is 0 Å². The minimum absolute atomic E-state index is 0.219. The van der Waals surface area contributed by atoms with Gasteiger partial charge in [0.1, 0.15) is 5.82 Å². The van der Waals surface area contributed by atoms with Gasteiger partial charge in [0.15, 0.2) is 0 Å². The van der Waals surface area contributed by atoms with Crippen molar-refractivity contribution < 1.29 is 5.11 Å². The molecule has 4 heteroatoms. The molecule has 0 bridgehead atoms. The maximum atomic E-state index is 9.26. The van der Waals surface area contributed by atoms with Gasteiger partial charge in [-0.05, 0) is 47.3 Å². The summed E-state index contributed by atoms with van der Waals surface area (Å²) in [6.07, 6.45) is 4.02. The van der Waals surface area contributed by atoms with Gasteiger partial charge < -0.3 is 10.0 Å². The number of halogens is 1. The van der Waals surface area contributed by atoms with Crippen molar-refractivity contribution in [2.45, 2.75) is 25.8 Å². The van der Waals surface area contributed by atoms with Crippen LogP contribution in [0.2, 0.25) is 0 Å². The zero-order valence-electron chi connectivity index (χ0n) is 8.78. The monoisotopic (exact) mass is 270 g/mol. The minimum Gasteiger partial charge on any atom is -0.394 e. The second-order valence-corrected chi connectivity index (χ2v) is 4.88. The van der Waals surface area contributed by atoms with E-state index in [1.165, 1.54) is 0 Å². The van der Waals surface area contributed by atoms with Crippen LogP contribution in [0, 0.1) is 6.92 Å². The molecule has 1 fully saturated rings. The first-order valence-corrected chi connectivity index (χ1v) is 6.01. The van der Waals surface area contributed by atoms with E-state index in [0.717, 1.165) is 35.2 Å². The summed E-state index contributed by atoms with van der Waals surface area (Å²) in [6, 6.07) is 2.31. The number of rotatable bonds is 2. The normalized spacial score (nSPS) is 21.0. The molecule has 1 aromatic rings. The largest absolute Gasteiger partial charge is 0.394 e. The smallest absolute Gasteiger partial charge is 0.131 e. The van der Waals surface area contributed by atoms with E-state index in [0.29, 0.717) is 0 Å². The molecule has 82 valence electrons. The first-order valence-electron chi connectivity index (χ1n) is 5.22. The van der Waals surface area contributed by atoms with E-state index in [9.17, 15) is 5.11 Å². The Bertz CT molecular complexity index is 356. The molecule has 1 aliphatic heterocycles. The van der Waals surface area contributed by atoms with Crippen molar-refractivity contribution in [1.29, 1.82) is 0 Å². The van der Waals surface area contributed by atoms with Crippen LogP contribution in [0.5, 0.6) is 0 Å². The first kappa shape index (κ1) is 10.9. The van der Waals surface area contributed by atoms with Crippen molar-refractivity contribution in [2.24, 2.45) is 0 Å². The average molecular weight is 271 g/mol. The van der Waals surface area contributed by atoms with Crippen molar-refractivity contribution in [3.8, 4) is 0 Å². The van der Waals surface area contributed by atoms with E-state index >= 15 is 0 Å². The second-order valence-electron chi connectivity index (χ2n) is 3.97. The second kappa shape index (κ2) is 4.49. The van der Waals surface area contributed by atoms with Gasteiger partial charge in [-0.25, -0.2) is 4.98 Å². The predicted molar refractivity (Wildman–Crippen MR) is 64.1 cm³/mol. The third-order valence-corrected chi connectivity index (χ3v) is 3.31. The maximum absolute atomic E-state index is 9.26. The summed E-state index contributed by atoms with van der Waals surface area (Å²) in [5.74, 6) is 1.01. The van der Waals surface area contributed by atoms with Crippen LogP contribution < -0.4 is 4.90 Å². The molecule has 0 amide bonds. The topological polar surface area (TPSA) is 36.4 Å². The van der Waals surface area contributed by atoms with E-state index in [-0.39, 0.29) is 12.6 Å². The molecule has 1 atom stereocenters. The quantitative estimate of drug-likeness (QED) is 0.895. The van der Waals surface area contributed by atoms with Crippen LogP contribution in [0.1, 0.15) is 18.4 Å². The number of anilines is 1. The van der Waals surface area contributed by atoms with E-state index in [1.807, 2.05) is 6.20 Å². The van der Waals surface area contributed by atoms with Gasteiger partial charge in [0, 0.05) is 17.2 Å². The highest BCUT2D eigenvalue weighted by Crippen LogP contribution is 2.27. The molecule has 1 aliphatic rings. The number of aryl methyl sites for hydroxylation is 1. The van der Waals surface area contributed by atoms with Crippen molar-refractivity contribution >= 4 is 21.7 Å². The molecule has 2 rings (SSSR count). The number of nitrogens with zero attached hydrogens (tertiary/aromatic N) is 2. The Balaban J connectivity index is 2.28. The van der Waals surface area contributed by atoms with E-state index < -0.39 is 0 Å². The number of pyridine rings is 1. The summed E-state index contributed by atoms with van der Waals surface area (Å²) in [7, 11) is 0. The number of aliphatic hydroxyl groups excluding tert-OH is 1. The Kier molecular flexibility index (Phi) is 3.26. The lowest BCUT2D eigenvalue weighted by atomic mass is 10.2. The van der Waals surface area contributed by atoms with Crippen molar-refractivity contribution in [3.63, 3.8) is 0 Å². The lowest BCUT2D eigenvalue weighted by Crippen LogP contribution is -2.33. The van der Waals surface area contributed by atoms with Gasteiger partial charge in [-0.3, -0.25) is 0 Å². The molecule has 3 nitrogen and oxygen atoms in total. The highest BCUT2D eigenvalue weighted by molar-refractivity contribution is 9.10. The van der Waals surface area contributed by atoms with Crippen LogP contribution in [0.4, 0.5) is 5.82 Å². The molecule has 0 spiro atoms. The van der Waals surface area contributed by atoms with Gasteiger partial charge in [-0.1, -0.05) is 0 Å². The summed E-state index contributed by atoms with van der Waals surface area (Å²) >= 11 is 3.41. The summed E-state index contributed by atoms with van der Waals surface area (Å²) < 4.78 is 1.00. The Morgan fingerprint density at radius 2 is 2.47 bits per heavy atom. The number of aliphatic hydroxyl groups is 1. The maximum Gasteiger partial charge on any atom is 0.131 e. The van der Waals surface area contributed by atoms with E-state index in [2.05, 4.69) is 38.8 Å². The highest BCUT2D eigenvalue weighted by Gasteiger charge is 2.25. The van der Waals surface area contributed by atoms with E-state index in [1.54, 1.807) is 0 Å². The van der Waals surface area contributed by atoms with Crippen molar-refractivity contribution in [3.05, 3.63) is 22.3 Å². The van der Waals surface area contributed by atoms with Crippen LogP contribution in [0.15, 0.2) is 16.7 Å². The summed E-state index contributed by atoms with van der Waals surface area (Å²) in [5.41, 5.74) is 1.16. The standard InChI is InChI=1S/C11H15BrN2O/c1-8-5-9(12)6-13-11(8)14-4-2-3-10(14)7-15/h5-6,10,15H,2-4,7H2,1H3. The molecule has 1 unspecified atom stereocenters. The lowest BCUT2D eigenvalue weighted by Gasteiger charge is -2.25. The van der Waals surface area contributed by atoms with E-state index in [4.69, 9.17) is 0 Å². The molecular formula is C11H15BrN2O. The first-order chi connectivity index (χ1) is 7.22. The van der Waals surface area contributed by atoms with Crippen LogP contribution in [-0.2, 0) is 0 Å². The summed E-state index contributed by atoms with van der Waals surface area (Å²) in [5, 5.41) is 9.26. The highest BCUT2D eigenvalue weighted by atomic mass is 79.9. The number of hydrogen-bond acceptors (Lipinski definition) is 3. The SMILES string of the molecule is Cc1cc(Br)cnc1N1CCCC1CO. The van der Waals surface area contributed by atoms with Crippen molar-refractivity contribution in [1.82, 2.24) is 4.98 Å². The fraction of sp³-hybridized carbons (Fsp3) is 0.545. The molecule has 0 radical (unpaired) electrons. The lowest BCUT2D eigenvalue weighted by molar-refractivity contribution is 0.266. The number of hydrogen-bond donors (Lipinski definition) is 1. The zero-order valence-corrected chi connectivity index (χ0v) is 10.4. The fourth-order valence-electron chi connectivity index (χ4n) is 2.14. The predicted octanol–water partition coefficient (Wildman–Crippen LogP) is 2.11. The Hall–Kier alpha value is -0.610. The fourth-order valence-corrected chi connectivity index (χ4v) is 2.58. The molecule has 15 heavy (non-hydrogen) atoms. The molecular weight excluding hydrogens is 256 g/mol. The third-order valence-electron chi connectivity index (χ3n) is 2.88. The van der Waals surface area contributed by atoms with Crippen LogP contribution in [0.25, 0.3) is 0 Å². The molecule has 0 aliphatic carbocycles. The zero-order chi connectivity index (χ0) is 10.8. The Morgan fingerprint density at radius 1 is 1.67 bits per heavy atom. The summed E-state index contributed by atoms with van der Waals surface area (Å²) in [4.78, 5) is 6.64. The van der Waals surface area contributed by atoms with Crippen LogP contribution in [-0.4, -0.2) is 29.3 Å². The van der Waals surface area contributed by atoms with Crippen LogP contribution >= 0.6 is 15.9 Å². The van der Waals surface area contributed by atoms with Crippen LogP contribution in [0.3, 0.4) is 0 Å². The molecule has 2 heterocycles. The Labute approximate surface area is 98.3 Å². The van der Waals surface area contributed by atoms with Gasteiger partial charge in [-0.2, -0.15) is 0 Å².